The molecule has 2 aromatic rings. The van der Waals surface area contributed by atoms with E-state index in [9.17, 15) is 0 Å². The SMILES string of the molecule is CC1CCC(CNc2cccc(-n3ccnc3)c2)CC1. The van der Waals surface area contributed by atoms with E-state index in [1.54, 1.807) is 0 Å². The van der Waals surface area contributed by atoms with Gasteiger partial charge in [0.25, 0.3) is 0 Å². The van der Waals surface area contributed by atoms with Gasteiger partial charge in [0, 0.05) is 30.3 Å². The van der Waals surface area contributed by atoms with E-state index in [-0.39, 0.29) is 0 Å². The maximum Gasteiger partial charge on any atom is 0.0991 e. The molecule has 0 aliphatic heterocycles. The van der Waals surface area contributed by atoms with Gasteiger partial charge in [0.05, 0.1) is 6.33 Å². The van der Waals surface area contributed by atoms with Crippen LogP contribution in [0.4, 0.5) is 5.69 Å². The third-order valence-corrected chi connectivity index (χ3v) is 4.38. The Morgan fingerprint density at radius 2 is 2.10 bits per heavy atom. The number of benzene rings is 1. The minimum atomic E-state index is 0.836. The summed E-state index contributed by atoms with van der Waals surface area (Å²) in [6.07, 6.45) is 11.1. The molecule has 1 aromatic heterocycles. The van der Waals surface area contributed by atoms with Crippen molar-refractivity contribution in [3.8, 4) is 5.69 Å². The molecule has 20 heavy (non-hydrogen) atoms. The molecule has 0 atom stereocenters. The van der Waals surface area contributed by atoms with Crippen LogP contribution in [-0.2, 0) is 0 Å². The Labute approximate surface area is 121 Å². The highest BCUT2D eigenvalue weighted by atomic mass is 15.0. The second-order valence-electron chi connectivity index (χ2n) is 6.03. The first-order valence-corrected chi connectivity index (χ1v) is 7.63. The third kappa shape index (κ3) is 3.21. The summed E-state index contributed by atoms with van der Waals surface area (Å²) in [6.45, 7) is 3.47. The van der Waals surface area contributed by atoms with E-state index >= 15 is 0 Å². The number of hydrogen-bond donors (Lipinski definition) is 1. The van der Waals surface area contributed by atoms with Gasteiger partial charge in [-0.1, -0.05) is 25.8 Å². The van der Waals surface area contributed by atoms with E-state index in [4.69, 9.17) is 0 Å². The van der Waals surface area contributed by atoms with Crippen molar-refractivity contribution < 1.29 is 0 Å². The van der Waals surface area contributed by atoms with E-state index < -0.39 is 0 Å². The Kier molecular flexibility index (Phi) is 4.05. The molecule has 1 saturated carbocycles. The van der Waals surface area contributed by atoms with E-state index in [0.29, 0.717) is 0 Å². The van der Waals surface area contributed by atoms with Gasteiger partial charge in [-0.15, -0.1) is 0 Å². The summed E-state index contributed by atoms with van der Waals surface area (Å²) in [5.41, 5.74) is 2.36. The van der Waals surface area contributed by atoms with Crippen molar-refractivity contribution >= 4 is 5.69 Å². The van der Waals surface area contributed by atoms with Crippen LogP contribution in [0.3, 0.4) is 0 Å². The fourth-order valence-corrected chi connectivity index (χ4v) is 2.98. The van der Waals surface area contributed by atoms with Gasteiger partial charge in [-0.3, -0.25) is 0 Å². The molecular weight excluding hydrogens is 246 g/mol. The summed E-state index contributed by atoms with van der Waals surface area (Å²) in [6, 6.07) is 8.54. The highest BCUT2D eigenvalue weighted by molar-refractivity contribution is 5.51. The van der Waals surface area contributed by atoms with E-state index in [1.807, 2.05) is 23.3 Å². The molecule has 3 rings (SSSR count). The fourth-order valence-electron chi connectivity index (χ4n) is 2.98. The van der Waals surface area contributed by atoms with Gasteiger partial charge in [0.15, 0.2) is 0 Å². The van der Waals surface area contributed by atoms with Crippen LogP contribution in [0.5, 0.6) is 0 Å². The van der Waals surface area contributed by atoms with Gasteiger partial charge >= 0.3 is 0 Å². The zero-order chi connectivity index (χ0) is 13.8. The molecule has 1 fully saturated rings. The third-order valence-electron chi connectivity index (χ3n) is 4.38. The number of aromatic nitrogens is 2. The van der Waals surface area contributed by atoms with Crippen molar-refractivity contribution in [1.29, 1.82) is 0 Å². The number of nitrogens with one attached hydrogen (secondary N) is 1. The van der Waals surface area contributed by atoms with Crippen LogP contribution in [0, 0.1) is 11.8 Å². The first-order chi connectivity index (χ1) is 9.81. The number of anilines is 1. The topological polar surface area (TPSA) is 29.9 Å². The van der Waals surface area contributed by atoms with Gasteiger partial charge in [0.2, 0.25) is 0 Å². The predicted molar refractivity (Wildman–Crippen MR) is 83.2 cm³/mol. The lowest BCUT2D eigenvalue weighted by Crippen LogP contribution is -2.20. The Balaban J connectivity index is 1.59. The maximum atomic E-state index is 4.10. The second kappa shape index (κ2) is 6.12. The molecule has 1 heterocycles. The summed E-state index contributed by atoms with van der Waals surface area (Å²) >= 11 is 0. The van der Waals surface area contributed by atoms with Crippen LogP contribution in [0.25, 0.3) is 5.69 Å². The number of rotatable bonds is 4. The Bertz CT molecular complexity index is 525. The molecule has 1 aliphatic rings. The minimum Gasteiger partial charge on any atom is -0.385 e. The molecule has 0 bridgehead atoms. The molecule has 106 valence electrons. The van der Waals surface area contributed by atoms with Crippen molar-refractivity contribution in [3.05, 3.63) is 43.0 Å². The van der Waals surface area contributed by atoms with Crippen molar-refractivity contribution in [2.24, 2.45) is 11.8 Å². The average Bonchev–Trinajstić information content (AvgIpc) is 3.01. The highest BCUT2D eigenvalue weighted by Gasteiger charge is 2.17. The van der Waals surface area contributed by atoms with Crippen molar-refractivity contribution in [2.75, 3.05) is 11.9 Å². The van der Waals surface area contributed by atoms with E-state index in [1.165, 1.54) is 31.4 Å². The molecule has 1 aromatic carbocycles. The van der Waals surface area contributed by atoms with Gasteiger partial charge in [0.1, 0.15) is 0 Å². The lowest BCUT2D eigenvalue weighted by molar-refractivity contribution is 0.300. The number of nitrogens with zero attached hydrogens (tertiary/aromatic N) is 2. The van der Waals surface area contributed by atoms with Crippen molar-refractivity contribution in [3.63, 3.8) is 0 Å². The van der Waals surface area contributed by atoms with Gasteiger partial charge in [-0.25, -0.2) is 4.98 Å². The normalized spacial score (nSPS) is 22.6. The van der Waals surface area contributed by atoms with Crippen LogP contribution in [-0.4, -0.2) is 16.1 Å². The summed E-state index contributed by atoms with van der Waals surface area (Å²) in [4.78, 5) is 4.10. The molecule has 0 radical (unpaired) electrons. The van der Waals surface area contributed by atoms with Crippen LogP contribution in [0.1, 0.15) is 32.6 Å². The summed E-state index contributed by atoms with van der Waals surface area (Å²) in [5, 5.41) is 3.60. The Morgan fingerprint density at radius 1 is 1.25 bits per heavy atom. The summed E-state index contributed by atoms with van der Waals surface area (Å²) in [7, 11) is 0. The molecule has 3 nitrogen and oxygen atoms in total. The lowest BCUT2D eigenvalue weighted by Gasteiger charge is -2.26. The molecule has 0 amide bonds. The van der Waals surface area contributed by atoms with Gasteiger partial charge < -0.3 is 9.88 Å². The fraction of sp³-hybridized carbons (Fsp3) is 0.471. The minimum absolute atomic E-state index is 0.836. The molecule has 0 saturated heterocycles. The van der Waals surface area contributed by atoms with E-state index in [2.05, 4.69) is 41.5 Å². The van der Waals surface area contributed by atoms with E-state index in [0.717, 1.165) is 24.1 Å². The second-order valence-corrected chi connectivity index (χ2v) is 6.03. The standard InChI is InChI=1S/C17H23N3/c1-14-5-7-15(8-6-14)12-19-16-3-2-4-17(11-16)20-10-9-18-13-20/h2-4,9-11,13-15,19H,5-8,12H2,1H3. The van der Waals surface area contributed by atoms with Gasteiger partial charge in [-0.2, -0.15) is 0 Å². The Hall–Kier alpha value is -1.77. The van der Waals surface area contributed by atoms with Crippen LogP contribution in [0.2, 0.25) is 0 Å². The quantitative estimate of drug-likeness (QED) is 0.905. The van der Waals surface area contributed by atoms with Crippen LogP contribution < -0.4 is 5.32 Å². The predicted octanol–water partition coefficient (Wildman–Crippen LogP) is 4.11. The monoisotopic (exact) mass is 269 g/mol. The molecule has 3 heteroatoms. The molecular formula is C17H23N3. The zero-order valence-corrected chi connectivity index (χ0v) is 12.1. The zero-order valence-electron chi connectivity index (χ0n) is 12.1. The molecule has 0 spiro atoms. The molecule has 1 aliphatic carbocycles. The molecule has 1 N–H and O–H groups in total. The van der Waals surface area contributed by atoms with Gasteiger partial charge in [-0.05, 0) is 42.9 Å². The van der Waals surface area contributed by atoms with Crippen molar-refractivity contribution in [1.82, 2.24) is 9.55 Å². The molecule has 0 unspecified atom stereocenters. The summed E-state index contributed by atoms with van der Waals surface area (Å²) in [5.74, 6) is 1.76. The average molecular weight is 269 g/mol. The van der Waals surface area contributed by atoms with Crippen molar-refractivity contribution in [2.45, 2.75) is 32.6 Å². The smallest absolute Gasteiger partial charge is 0.0991 e. The first-order valence-electron chi connectivity index (χ1n) is 7.63. The first kappa shape index (κ1) is 13.2. The lowest BCUT2D eigenvalue weighted by atomic mass is 9.83. The van der Waals surface area contributed by atoms with Crippen LogP contribution in [0.15, 0.2) is 43.0 Å². The largest absolute Gasteiger partial charge is 0.385 e. The number of hydrogen-bond acceptors (Lipinski definition) is 2. The summed E-state index contributed by atoms with van der Waals surface area (Å²) < 4.78 is 2.04. The Morgan fingerprint density at radius 3 is 2.85 bits per heavy atom. The number of imidazole rings is 1. The maximum absolute atomic E-state index is 4.10. The van der Waals surface area contributed by atoms with Crippen LogP contribution >= 0.6 is 0 Å². The highest BCUT2D eigenvalue weighted by Crippen LogP contribution is 2.28.